The first-order valence-electron chi connectivity index (χ1n) is 7.38. The highest BCUT2D eigenvalue weighted by Gasteiger charge is 2.32. The maximum Gasteiger partial charge on any atom is 0.322 e. The number of nitrogens with zero attached hydrogens (tertiary/aromatic N) is 2. The Balaban J connectivity index is 1.59. The second-order valence-corrected chi connectivity index (χ2v) is 6.34. The summed E-state index contributed by atoms with van der Waals surface area (Å²) < 4.78 is 0. The lowest BCUT2D eigenvalue weighted by molar-refractivity contribution is -0.133. The predicted molar refractivity (Wildman–Crippen MR) is 89.1 cm³/mol. The molecule has 1 aromatic heterocycles. The van der Waals surface area contributed by atoms with E-state index >= 15 is 0 Å². The van der Waals surface area contributed by atoms with Crippen LogP contribution in [0.3, 0.4) is 0 Å². The van der Waals surface area contributed by atoms with E-state index in [1.807, 2.05) is 35.7 Å². The molecule has 3 rings (SSSR count). The van der Waals surface area contributed by atoms with Gasteiger partial charge in [-0.1, -0.05) is 30.3 Å². The first-order chi connectivity index (χ1) is 11.5. The summed E-state index contributed by atoms with van der Waals surface area (Å²) in [7, 11) is 1.65. The van der Waals surface area contributed by atoms with E-state index in [0.717, 1.165) is 16.3 Å². The molecule has 1 fully saturated rings. The third kappa shape index (κ3) is 3.60. The minimum absolute atomic E-state index is 0.0657. The maximum atomic E-state index is 12.2. The van der Waals surface area contributed by atoms with E-state index in [-0.39, 0.29) is 12.3 Å². The standard InChI is InChI=1S/C16H16N4O3S/c1-20(13(21)7-12-14(22)19-16(23)18-12)8-11-9-24-15(17-11)10-5-3-2-4-6-10/h2-6,9,12H,7-8H2,1H3,(H2,18,19,22,23)/t12-/m1/s1. The summed E-state index contributed by atoms with van der Waals surface area (Å²) in [5, 5.41) is 7.34. The summed E-state index contributed by atoms with van der Waals surface area (Å²) in [4.78, 5) is 40.8. The number of carbonyl (C=O) groups excluding carboxylic acids is 3. The van der Waals surface area contributed by atoms with Crippen LogP contribution in [0.1, 0.15) is 12.1 Å². The molecule has 0 bridgehead atoms. The van der Waals surface area contributed by atoms with Gasteiger partial charge in [0.1, 0.15) is 11.0 Å². The summed E-state index contributed by atoms with van der Waals surface area (Å²) in [6.45, 7) is 0.352. The lowest BCUT2D eigenvalue weighted by Crippen LogP contribution is -2.37. The van der Waals surface area contributed by atoms with Gasteiger partial charge in [-0.3, -0.25) is 14.9 Å². The van der Waals surface area contributed by atoms with Crippen molar-refractivity contribution in [3.05, 3.63) is 41.4 Å². The van der Waals surface area contributed by atoms with Gasteiger partial charge in [0.25, 0.3) is 5.91 Å². The molecule has 0 saturated carbocycles. The van der Waals surface area contributed by atoms with E-state index < -0.39 is 18.0 Å². The van der Waals surface area contributed by atoms with E-state index in [0.29, 0.717) is 6.54 Å². The summed E-state index contributed by atoms with van der Waals surface area (Å²) in [6, 6.07) is 8.45. The van der Waals surface area contributed by atoms with Crippen LogP contribution in [0, 0.1) is 0 Å². The molecule has 0 unspecified atom stereocenters. The maximum absolute atomic E-state index is 12.2. The average Bonchev–Trinajstić information content (AvgIpc) is 3.15. The molecule has 0 aliphatic carbocycles. The lowest BCUT2D eigenvalue weighted by atomic mass is 10.2. The van der Waals surface area contributed by atoms with Crippen LogP contribution < -0.4 is 10.6 Å². The molecular formula is C16H16N4O3S. The first-order valence-corrected chi connectivity index (χ1v) is 8.26. The van der Waals surface area contributed by atoms with Gasteiger partial charge in [-0.25, -0.2) is 9.78 Å². The molecule has 1 aliphatic rings. The zero-order valence-electron chi connectivity index (χ0n) is 13.0. The van der Waals surface area contributed by atoms with Crippen molar-refractivity contribution in [1.29, 1.82) is 0 Å². The number of amides is 4. The molecule has 0 spiro atoms. The number of thiazole rings is 1. The molecule has 4 amide bonds. The van der Waals surface area contributed by atoms with E-state index in [1.165, 1.54) is 16.2 Å². The highest BCUT2D eigenvalue weighted by molar-refractivity contribution is 7.13. The van der Waals surface area contributed by atoms with Crippen molar-refractivity contribution in [2.45, 2.75) is 19.0 Å². The monoisotopic (exact) mass is 344 g/mol. The van der Waals surface area contributed by atoms with Crippen LogP contribution in [-0.2, 0) is 16.1 Å². The van der Waals surface area contributed by atoms with Crippen molar-refractivity contribution in [3.63, 3.8) is 0 Å². The molecule has 2 aromatic rings. The molecule has 8 heteroatoms. The van der Waals surface area contributed by atoms with Gasteiger partial charge in [0.2, 0.25) is 5.91 Å². The van der Waals surface area contributed by atoms with Crippen molar-refractivity contribution in [3.8, 4) is 10.6 Å². The van der Waals surface area contributed by atoms with Crippen LogP contribution in [0.25, 0.3) is 10.6 Å². The average molecular weight is 344 g/mol. The molecule has 7 nitrogen and oxygen atoms in total. The number of hydrogen-bond donors (Lipinski definition) is 2. The predicted octanol–water partition coefficient (Wildman–Crippen LogP) is 1.37. The van der Waals surface area contributed by atoms with Gasteiger partial charge in [-0.05, 0) is 0 Å². The number of carbonyl (C=O) groups is 3. The second-order valence-electron chi connectivity index (χ2n) is 5.48. The van der Waals surface area contributed by atoms with E-state index in [2.05, 4.69) is 15.6 Å². The van der Waals surface area contributed by atoms with Crippen LogP contribution in [0.4, 0.5) is 4.79 Å². The first kappa shape index (κ1) is 16.1. The Morgan fingerprint density at radius 2 is 2.04 bits per heavy atom. The number of benzene rings is 1. The van der Waals surface area contributed by atoms with Gasteiger partial charge < -0.3 is 10.2 Å². The van der Waals surface area contributed by atoms with Gasteiger partial charge in [-0.2, -0.15) is 0 Å². The molecular weight excluding hydrogens is 328 g/mol. The third-order valence-electron chi connectivity index (χ3n) is 3.63. The summed E-state index contributed by atoms with van der Waals surface area (Å²) >= 11 is 1.52. The highest BCUT2D eigenvalue weighted by atomic mass is 32.1. The molecule has 0 radical (unpaired) electrons. The topological polar surface area (TPSA) is 91.4 Å². The normalized spacial score (nSPS) is 16.6. The van der Waals surface area contributed by atoms with Crippen molar-refractivity contribution in [2.24, 2.45) is 0 Å². The zero-order valence-corrected chi connectivity index (χ0v) is 13.8. The fourth-order valence-corrected chi connectivity index (χ4v) is 3.17. The zero-order chi connectivity index (χ0) is 17.1. The van der Waals surface area contributed by atoms with Crippen molar-refractivity contribution in [2.75, 3.05) is 7.05 Å². The Bertz CT molecular complexity index is 775. The Hall–Kier alpha value is -2.74. The van der Waals surface area contributed by atoms with E-state index in [9.17, 15) is 14.4 Å². The van der Waals surface area contributed by atoms with Gasteiger partial charge in [-0.15, -0.1) is 11.3 Å². The third-order valence-corrected chi connectivity index (χ3v) is 4.57. The minimum Gasteiger partial charge on any atom is -0.340 e. The molecule has 2 heterocycles. The second kappa shape index (κ2) is 6.79. The summed E-state index contributed by atoms with van der Waals surface area (Å²) in [5.41, 5.74) is 1.82. The van der Waals surface area contributed by atoms with Crippen LogP contribution in [0.15, 0.2) is 35.7 Å². The largest absolute Gasteiger partial charge is 0.340 e. The fourth-order valence-electron chi connectivity index (χ4n) is 2.36. The summed E-state index contributed by atoms with van der Waals surface area (Å²) in [5.74, 6) is -0.701. The van der Waals surface area contributed by atoms with E-state index in [4.69, 9.17) is 0 Å². The number of nitrogens with one attached hydrogen (secondary N) is 2. The van der Waals surface area contributed by atoms with Crippen molar-refractivity contribution < 1.29 is 14.4 Å². The van der Waals surface area contributed by atoms with Gasteiger partial charge >= 0.3 is 6.03 Å². The Kier molecular flexibility index (Phi) is 4.57. The molecule has 1 saturated heterocycles. The summed E-state index contributed by atoms with van der Waals surface area (Å²) in [6.07, 6.45) is -0.0657. The minimum atomic E-state index is -0.803. The van der Waals surface area contributed by atoms with Crippen LogP contribution in [-0.4, -0.2) is 40.8 Å². The molecule has 24 heavy (non-hydrogen) atoms. The van der Waals surface area contributed by atoms with Crippen LogP contribution >= 0.6 is 11.3 Å². The van der Waals surface area contributed by atoms with Crippen molar-refractivity contribution >= 4 is 29.2 Å². The smallest absolute Gasteiger partial charge is 0.322 e. The molecule has 1 atom stereocenters. The molecule has 1 aliphatic heterocycles. The fraction of sp³-hybridized carbons (Fsp3) is 0.250. The molecule has 1 aromatic carbocycles. The van der Waals surface area contributed by atoms with Gasteiger partial charge in [0, 0.05) is 18.0 Å². The molecule has 124 valence electrons. The van der Waals surface area contributed by atoms with Crippen molar-refractivity contribution in [1.82, 2.24) is 20.5 Å². The molecule has 2 N–H and O–H groups in total. The Morgan fingerprint density at radius 1 is 1.29 bits per heavy atom. The highest BCUT2D eigenvalue weighted by Crippen LogP contribution is 2.23. The Morgan fingerprint density at radius 3 is 2.71 bits per heavy atom. The van der Waals surface area contributed by atoms with Gasteiger partial charge in [0.15, 0.2) is 0 Å². The number of rotatable bonds is 5. The van der Waals surface area contributed by atoms with Gasteiger partial charge in [0.05, 0.1) is 18.7 Å². The van der Waals surface area contributed by atoms with Crippen LogP contribution in [0.2, 0.25) is 0 Å². The number of imide groups is 1. The SMILES string of the molecule is CN(Cc1csc(-c2ccccc2)n1)C(=O)C[C@H]1NC(=O)NC1=O. The number of aromatic nitrogens is 1. The lowest BCUT2D eigenvalue weighted by Gasteiger charge is -2.17. The van der Waals surface area contributed by atoms with Crippen LogP contribution in [0.5, 0.6) is 0 Å². The number of hydrogen-bond acceptors (Lipinski definition) is 5. The Labute approximate surface area is 142 Å². The van der Waals surface area contributed by atoms with E-state index in [1.54, 1.807) is 7.05 Å². The number of urea groups is 1. The quantitative estimate of drug-likeness (QED) is 0.802.